The fourth-order valence-electron chi connectivity index (χ4n) is 2.02. The lowest BCUT2D eigenvalue weighted by molar-refractivity contribution is 0.642. The molecule has 2 heteroatoms. The number of aromatic nitrogens is 2. The molecule has 0 aliphatic rings. The van der Waals surface area contributed by atoms with E-state index in [0.717, 1.165) is 10.9 Å². The van der Waals surface area contributed by atoms with Gasteiger partial charge in [-0.05, 0) is 36.5 Å². The molecule has 2 nitrogen and oxygen atoms in total. The SMILES string of the molecule is CCC(CC)c1ccc2ncncc2c1. The fourth-order valence-corrected chi connectivity index (χ4v) is 2.02. The van der Waals surface area contributed by atoms with Crippen molar-refractivity contribution in [1.82, 2.24) is 9.97 Å². The molecule has 1 aromatic carbocycles. The van der Waals surface area contributed by atoms with Gasteiger partial charge in [-0.25, -0.2) is 9.97 Å². The molecule has 2 aromatic rings. The summed E-state index contributed by atoms with van der Waals surface area (Å²) in [4.78, 5) is 8.28. The van der Waals surface area contributed by atoms with Crippen LogP contribution in [0.1, 0.15) is 38.2 Å². The molecular weight excluding hydrogens is 184 g/mol. The van der Waals surface area contributed by atoms with Crippen molar-refractivity contribution < 1.29 is 0 Å². The number of hydrogen-bond donors (Lipinski definition) is 0. The van der Waals surface area contributed by atoms with Gasteiger partial charge in [-0.1, -0.05) is 19.9 Å². The topological polar surface area (TPSA) is 25.8 Å². The van der Waals surface area contributed by atoms with Crippen molar-refractivity contribution in [2.24, 2.45) is 0 Å². The van der Waals surface area contributed by atoms with Gasteiger partial charge in [-0.3, -0.25) is 0 Å². The highest BCUT2D eigenvalue weighted by molar-refractivity contribution is 5.78. The lowest BCUT2D eigenvalue weighted by Crippen LogP contribution is -1.95. The third-order valence-electron chi connectivity index (χ3n) is 2.99. The van der Waals surface area contributed by atoms with E-state index in [1.54, 1.807) is 6.33 Å². The highest BCUT2D eigenvalue weighted by Crippen LogP contribution is 2.25. The fraction of sp³-hybridized carbons (Fsp3) is 0.385. The molecule has 15 heavy (non-hydrogen) atoms. The summed E-state index contributed by atoms with van der Waals surface area (Å²) >= 11 is 0. The first kappa shape index (κ1) is 10.1. The van der Waals surface area contributed by atoms with Gasteiger partial charge in [0.1, 0.15) is 6.33 Å². The van der Waals surface area contributed by atoms with Crippen molar-refractivity contribution in [2.45, 2.75) is 32.6 Å². The molecule has 0 bridgehead atoms. The molecule has 2 rings (SSSR count). The lowest BCUT2D eigenvalue weighted by Gasteiger charge is -2.12. The van der Waals surface area contributed by atoms with Gasteiger partial charge in [0, 0.05) is 11.6 Å². The summed E-state index contributed by atoms with van der Waals surface area (Å²) in [6.07, 6.45) is 5.86. The van der Waals surface area contributed by atoms with Crippen LogP contribution in [-0.2, 0) is 0 Å². The largest absolute Gasteiger partial charge is 0.244 e. The minimum Gasteiger partial charge on any atom is -0.244 e. The van der Waals surface area contributed by atoms with Gasteiger partial charge >= 0.3 is 0 Å². The molecule has 0 aliphatic heterocycles. The van der Waals surface area contributed by atoms with Gasteiger partial charge < -0.3 is 0 Å². The smallest absolute Gasteiger partial charge is 0.116 e. The second-order valence-electron chi connectivity index (χ2n) is 3.85. The molecule has 0 aliphatic carbocycles. The van der Waals surface area contributed by atoms with E-state index in [2.05, 4.69) is 42.0 Å². The third kappa shape index (κ3) is 1.99. The van der Waals surface area contributed by atoms with Crippen LogP contribution >= 0.6 is 0 Å². The Morgan fingerprint density at radius 1 is 1.20 bits per heavy atom. The number of fused-ring (bicyclic) bond motifs is 1. The Morgan fingerprint density at radius 3 is 2.73 bits per heavy atom. The zero-order valence-corrected chi connectivity index (χ0v) is 9.27. The van der Waals surface area contributed by atoms with Gasteiger partial charge in [-0.15, -0.1) is 0 Å². The normalized spacial score (nSPS) is 11.1. The molecule has 1 heterocycles. The van der Waals surface area contributed by atoms with Crippen LogP contribution in [0.5, 0.6) is 0 Å². The molecule has 0 fully saturated rings. The van der Waals surface area contributed by atoms with E-state index in [0.29, 0.717) is 5.92 Å². The summed E-state index contributed by atoms with van der Waals surface area (Å²) in [5.41, 5.74) is 2.43. The Balaban J connectivity index is 2.46. The summed E-state index contributed by atoms with van der Waals surface area (Å²) in [5, 5.41) is 1.14. The van der Waals surface area contributed by atoms with E-state index in [-0.39, 0.29) is 0 Å². The highest BCUT2D eigenvalue weighted by Gasteiger charge is 2.07. The molecule has 0 N–H and O–H groups in total. The molecule has 0 amide bonds. The Labute approximate surface area is 90.4 Å². The Kier molecular flexibility index (Phi) is 2.95. The van der Waals surface area contributed by atoms with Crippen molar-refractivity contribution in [3.8, 4) is 0 Å². The molecular formula is C13H16N2. The monoisotopic (exact) mass is 200 g/mol. The van der Waals surface area contributed by atoms with Crippen molar-refractivity contribution in [2.75, 3.05) is 0 Å². The van der Waals surface area contributed by atoms with Crippen LogP contribution in [0.4, 0.5) is 0 Å². The van der Waals surface area contributed by atoms with Crippen molar-refractivity contribution >= 4 is 10.9 Å². The van der Waals surface area contributed by atoms with Crippen molar-refractivity contribution in [3.63, 3.8) is 0 Å². The van der Waals surface area contributed by atoms with Gasteiger partial charge in [0.2, 0.25) is 0 Å². The predicted octanol–water partition coefficient (Wildman–Crippen LogP) is 3.53. The predicted molar refractivity (Wildman–Crippen MR) is 62.9 cm³/mol. The van der Waals surface area contributed by atoms with Crippen LogP contribution in [0.15, 0.2) is 30.7 Å². The van der Waals surface area contributed by atoms with Gasteiger partial charge in [0.15, 0.2) is 0 Å². The third-order valence-corrected chi connectivity index (χ3v) is 2.99. The highest BCUT2D eigenvalue weighted by atomic mass is 14.8. The minimum absolute atomic E-state index is 0.662. The standard InChI is InChI=1S/C13H16N2/c1-3-10(4-2)11-5-6-13-12(7-11)8-14-9-15-13/h5-10H,3-4H2,1-2H3. The van der Waals surface area contributed by atoms with Crippen LogP contribution < -0.4 is 0 Å². The summed E-state index contributed by atoms with van der Waals surface area (Å²) < 4.78 is 0. The molecule has 0 unspecified atom stereocenters. The number of rotatable bonds is 3. The van der Waals surface area contributed by atoms with Gasteiger partial charge in [0.05, 0.1) is 5.52 Å². The van der Waals surface area contributed by atoms with Crippen LogP contribution in [0.25, 0.3) is 10.9 Å². The molecule has 0 saturated carbocycles. The van der Waals surface area contributed by atoms with Crippen LogP contribution in [-0.4, -0.2) is 9.97 Å². The zero-order valence-electron chi connectivity index (χ0n) is 9.27. The minimum atomic E-state index is 0.662. The van der Waals surface area contributed by atoms with E-state index in [4.69, 9.17) is 0 Å². The molecule has 0 atom stereocenters. The Morgan fingerprint density at radius 2 is 2.00 bits per heavy atom. The van der Waals surface area contributed by atoms with E-state index in [1.165, 1.54) is 18.4 Å². The van der Waals surface area contributed by atoms with Crippen LogP contribution in [0.3, 0.4) is 0 Å². The van der Waals surface area contributed by atoms with Crippen molar-refractivity contribution in [3.05, 3.63) is 36.3 Å². The molecule has 1 aromatic heterocycles. The summed E-state index contributed by atoms with van der Waals surface area (Å²) in [6.45, 7) is 4.47. The zero-order chi connectivity index (χ0) is 10.7. The Bertz CT molecular complexity index is 447. The molecule has 0 saturated heterocycles. The average molecular weight is 200 g/mol. The first-order valence-corrected chi connectivity index (χ1v) is 5.54. The second kappa shape index (κ2) is 4.39. The summed E-state index contributed by atoms with van der Waals surface area (Å²) in [7, 11) is 0. The first-order chi connectivity index (χ1) is 7.35. The average Bonchev–Trinajstić information content (AvgIpc) is 2.30. The van der Waals surface area contributed by atoms with Crippen LogP contribution in [0.2, 0.25) is 0 Å². The molecule has 0 radical (unpaired) electrons. The quantitative estimate of drug-likeness (QED) is 0.757. The number of nitrogens with zero attached hydrogens (tertiary/aromatic N) is 2. The summed E-state index contributed by atoms with van der Waals surface area (Å²) in [6, 6.07) is 6.49. The maximum Gasteiger partial charge on any atom is 0.116 e. The molecule has 0 spiro atoms. The maximum atomic E-state index is 4.22. The second-order valence-corrected chi connectivity index (χ2v) is 3.85. The maximum absolute atomic E-state index is 4.22. The van der Waals surface area contributed by atoms with Crippen LogP contribution in [0, 0.1) is 0 Å². The van der Waals surface area contributed by atoms with Gasteiger partial charge in [0.25, 0.3) is 0 Å². The number of hydrogen-bond acceptors (Lipinski definition) is 2. The number of benzene rings is 1. The van der Waals surface area contributed by atoms with E-state index in [9.17, 15) is 0 Å². The first-order valence-electron chi connectivity index (χ1n) is 5.54. The Hall–Kier alpha value is -1.44. The van der Waals surface area contributed by atoms with E-state index >= 15 is 0 Å². The molecule has 78 valence electrons. The summed E-state index contributed by atoms with van der Waals surface area (Å²) in [5.74, 6) is 0.662. The van der Waals surface area contributed by atoms with E-state index < -0.39 is 0 Å². The van der Waals surface area contributed by atoms with Crippen molar-refractivity contribution in [1.29, 1.82) is 0 Å². The van der Waals surface area contributed by atoms with E-state index in [1.807, 2.05) is 6.20 Å². The van der Waals surface area contributed by atoms with Gasteiger partial charge in [-0.2, -0.15) is 0 Å². The lowest BCUT2D eigenvalue weighted by atomic mass is 9.93.